The Bertz CT molecular complexity index is 575. The van der Waals surface area contributed by atoms with Gasteiger partial charge in [0.15, 0.2) is 0 Å². The third kappa shape index (κ3) is 38.8. The van der Waals surface area contributed by atoms with Crippen molar-refractivity contribution in [1.29, 1.82) is 0 Å². The third-order valence-corrected chi connectivity index (χ3v) is 11.2. The fourth-order valence-electron chi connectivity index (χ4n) is 6.47. The van der Waals surface area contributed by atoms with Gasteiger partial charge in [-0.1, -0.05) is 233 Å². The molecule has 0 fully saturated rings. The van der Waals surface area contributed by atoms with E-state index < -0.39 is 7.82 Å². The molecule has 0 aromatic heterocycles. The quantitative estimate of drug-likeness (QED) is 0.0473. The van der Waals surface area contributed by atoms with Crippen LogP contribution in [-0.4, -0.2) is 19.8 Å². The molecule has 0 amide bonds. The minimum atomic E-state index is -3.46. The van der Waals surface area contributed by atoms with E-state index in [4.69, 9.17) is 13.6 Å². The molecular formula is C42H87O4P. The molecule has 0 aliphatic carbocycles. The van der Waals surface area contributed by atoms with Gasteiger partial charge in [-0.15, -0.1) is 0 Å². The van der Waals surface area contributed by atoms with Gasteiger partial charge in [0.25, 0.3) is 0 Å². The summed E-state index contributed by atoms with van der Waals surface area (Å²) in [7, 11) is -3.46. The molecular weight excluding hydrogens is 599 g/mol. The van der Waals surface area contributed by atoms with Crippen LogP contribution in [0.3, 0.4) is 0 Å². The summed E-state index contributed by atoms with van der Waals surface area (Å²) in [5, 5.41) is 0. The first kappa shape index (κ1) is 47.1. The molecule has 0 saturated carbocycles. The van der Waals surface area contributed by atoms with Crippen LogP contribution >= 0.6 is 7.82 Å². The van der Waals surface area contributed by atoms with Crippen molar-refractivity contribution in [2.45, 2.75) is 252 Å². The second-order valence-electron chi connectivity index (χ2n) is 14.6. The topological polar surface area (TPSA) is 44.8 Å². The van der Waals surface area contributed by atoms with Crippen LogP contribution in [-0.2, 0) is 18.1 Å². The van der Waals surface area contributed by atoms with Gasteiger partial charge in [-0.05, 0) is 19.3 Å². The van der Waals surface area contributed by atoms with Crippen LogP contribution in [0.4, 0.5) is 0 Å². The van der Waals surface area contributed by atoms with E-state index in [-0.39, 0.29) is 0 Å². The van der Waals surface area contributed by atoms with E-state index in [1.807, 2.05) is 0 Å². The lowest BCUT2D eigenvalue weighted by molar-refractivity contribution is 0.108. The number of hydrogen-bond acceptors (Lipinski definition) is 4. The van der Waals surface area contributed by atoms with Crippen LogP contribution in [0, 0.1) is 0 Å². The van der Waals surface area contributed by atoms with Gasteiger partial charge in [-0.2, -0.15) is 0 Å². The molecule has 0 radical (unpaired) electrons. The Morgan fingerprint density at radius 2 is 0.404 bits per heavy atom. The molecule has 0 bridgehead atoms. The average Bonchev–Trinajstić information content (AvgIpc) is 3.07. The van der Waals surface area contributed by atoms with Crippen LogP contribution < -0.4 is 0 Å². The maximum Gasteiger partial charge on any atom is 0.474 e. The molecule has 0 aliphatic rings. The molecule has 0 aromatic rings. The largest absolute Gasteiger partial charge is 0.474 e. The van der Waals surface area contributed by atoms with Gasteiger partial charge in [0.1, 0.15) is 0 Å². The Labute approximate surface area is 297 Å². The molecule has 0 atom stereocenters. The summed E-state index contributed by atoms with van der Waals surface area (Å²) in [6.07, 6.45) is 47.1. The van der Waals surface area contributed by atoms with E-state index in [2.05, 4.69) is 20.8 Å². The molecule has 0 rings (SSSR count). The molecule has 4 nitrogen and oxygen atoms in total. The van der Waals surface area contributed by atoms with E-state index in [1.165, 1.54) is 193 Å². The molecule has 47 heavy (non-hydrogen) atoms. The predicted molar refractivity (Wildman–Crippen MR) is 209 cm³/mol. The smallest absolute Gasteiger partial charge is 0.287 e. The van der Waals surface area contributed by atoms with Gasteiger partial charge < -0.3 is 0 Å². The Kier molecular flexibility index (Phi) is 40.6. The predicted octanol–water partition coefficient (Wildman–Crippen LogP) is 16.2. The first-order valence-electron chi connectivity index (χ1n) is 21.7. The Morgan fingerprint density at radius 1 is 0.255 bits per heavy atom. The lowest BCUT2D eigenvalue weighted by Crippen LogP contribution is -2.04. The standard InChI is InChI=1S/C42H87O4P/c1-4-7-10-13-16-19-21-23-25-27-29-32-35-38-41-45-47(43,44-40-37-34-31-18-15-12-9-6-3)46-42-39-36-33-30-28-26-24-22-20-17-14-11-8-5-2/h4-42H2,1-3H3. The molecule has 0 N–H and O–H groups in total. The molecule has 5 heteroatoms. The zero-order valence-electron chi connectivity index (χ0n) is 32.7. The molecule has 0 aliphatic heterocycles. The summed E-state index contributed by atoms with van der Waals surface area (Å²) in [5.41, 5.74) is 0. The van der Waals surface area contributed by atoms with Crippen molar-refractivity contribution in [3.8, 4) is 0 Å². The first-order valence-corrected chi connectivity index (χ1v) is 23.2. The highest BCUT2D eigenvalue weighted by Gasteiger charge is 2.26. The summed E-state index contributed by atoms with van der Waals surface area (Å²) in [6, 6.07) is 0. The molecule has 0 unspecified atom stereocenters. The summed E-state index contributed by atoms with van der Waals surface area (Å²) in [5.74, 6) is 0. The summed E-state index contributed by atoms with van der Waals surface area (Å²) >= 11 is 0. The Morgan fingerprint density at radius 3 is 0.574 bits per heavy atom. The SMILES string of the molecule is CCCCCCCCCCCCCCCCOP(=O)(OCCCCCCCCCC)OCCCCCCCCCCCCCCCC. The van der Waals surface area contributed by atoms with Gasteiger partial charge >= 0.3 is 7.82 Å². The maximum absolute atomic E-state index is 13.4. The average molecular weight is 687 g/mol. The molecule has 0 aromatic carbocycles. The molecule has 0 heterocycles. The fourth-order valence-corrected chi connectivity index (χ4v) is 7.75. The minimum Gasteiger partial charge on any atom is -0.287 e. The fraction of sp³-hybridized carbons (Fsp3) is 1.00. The molecule has 0 spiro atoms. The van der Waals surface area contributed by atoms with E-state index in [0.717, 1.165) is 38.5 Å². The van der Waals surface area contributed by atoms with E-state index in [9.17, 15) is 4.57 Å². The van der Waals surface area contributed by atoms with Crippen molar-refractivity contribution in [1.82, 2.24) is 0 Å². The Balaban J connectivity index is 4.00. The van der Waals surface area contributed by atoms with Gasteiger partial charge in [0.2, 0.25) is 0 Å². The normalized spacial score (nSPS) is 12.0. The lowest BCUT2D eigenvalue weighted by atomic mass is 10.0. The van der Waals surface area contributed by atoms with Crippen LogP contribution in [0.25, 0.3) is 0 Å². The minimum absolute atomic E-state index is 0.476. The van der Waals surface area contributed by atoms with Crippen LogP contribution in [0.15, 0.2) is 0 Å². The van der Waals surface area contributed by atoms with Crippen molar-refractivity contribution in [3.05, 3.63) is 0 Å². The molecule has 284 valence electrons. The number of unbranched alkanes of at least 4 members (excludes halogenated alkanes) is 33. The van der Waals surface area contributed by atoms with E-state index in [0.29, 0.717) is 19.8 Å². The van der Waals surface area contributed by atoms with Gasteiger partial charge in [0.05, 0.1) is 19.8 Å². The van der Waals surface area contributed by atoms with Crippen LogP contribution in [0.2, 0.25) is 0 Å². The highest BCUT2D eigenvalue weighted by Crippen LogP contribution is 2.50. The van der Waals surface area contributed by atoms with Crippen LogP contribution in [0.5, 0.6) is 0 Å². The van der Waals surface area contributed by atoms with Gasteiger partial charge in [-0.3, -0.25) is 13.6 Å². The monoisotopic (exact) mass is 687 g/mol. The van der Waals surface area contributed by atoms with Crippen molar-refractivity contribution < 1.29 is 18.1 Å². The Hall–Kier alpha value is 0.110. The van der Waals surface area contributed by atoms with Crippen molar-refractivity contribution in [2.24, 2.45) is 0 Å². The third-order valence-electron chi connectivity index (χ3n) is 9.74. The van der Waals surface area contributed by atoms with Crippen molar-refractivity contribution in [2.75, 3.05) is 19.8 Å². The summed E-state index contributed by atoms with van der Waals surface area (Å²) in [6.45, 7) is 8.27. The van der Waals surface area contributed by atoms with Gasteiger partial charge in [-0.25, -0.2) is 4.57 Å². The van der Waals surface area contributed by atoms with E-state index >= 15 is 0 Å². The zero-order valence-corrected chi connectivity index (χ0v) is 33.6. The van der Waals surface area contributed by atoms with Gasteiger partial charge in [0, 0.05) is 0 Å². The van der Waals surface area contributed by atoms with Crippen LogP contribution in [0.1, 0.15) is 252 Å². The number of phosphoric acid groups is 1. The number of rotatable bonds is 42. The summed E-state index contributed by atoms with van der Waals surface area (Å²) in [4.78, 5) is 0. The second-order valence-corrected chi connectivity index (χ2v) is 16.3. The first-order chi connectivity index (χ1) is 23.2. The lowest BCUT2D eigenvalue weighted by Gasteiger charge is -2.18. The second kappa shape index (κ2) is 40.5. The van der Waals surface area contributed by atoms with E-state index in [1.54, 1.807) is 0 Å². The molecule has 0 saturated heterocycles. The highest BCUT2D eigenvalue weighted by molar-refractivity contribution is 7.48. The number of hydrogen-bond donors (Lipinski definition) is 0. The van der Waals surface area contributed by atoms with Crippen molar-refractivity contribution >= 4 is 7.82 Å². The van der Waals surface area contributed by atoms with Crippen molar-refractivity contribution in [3.63, 3.8) is 0 Å². The maximum atomic E-state index is 13.4. The highest BCUT2D eigenvalue weighted by atomic mass is 31.2. The zero-order chi connectivity index (χ0) is 34.2. The summed E-state index contributed by atoms with van der Waals surface area (Å²) < 4.78 is 30.9. The number of phosphoric ester groups is 1.